The van der Waals surface area contributed by atoms with Gasteiger partial charge in [-0.05, 0) is 50.2 Å². The molecule has 3 aromatic carbocycles. The van der Waals surface area contributed by atoms with Crippen molar-refractivity contribution in [1.29, 1.82) is 0 Å². The lowest BCUT2D eigenvalue weighted by atomic mass is 10.2. The number of amides is 2. The summed E-state index contributed by atoms with van der Waals surface area (Å²) in [7, 11) is 0. The number of rotatable bonds is 6. The maximum atomic E-state index is 12.8. The number of fused-ring (bicyclic) bond motifs is 1. The Morgan fingerprint density at radius 3 is 2.35 bits per heavy atom. The van der Waals surface area contributed by atoms with Gasteiger partial charge in [0, 0.05) is 11.3 Å². The number of benzene rings is 3. The van der Waals surface area contributed by atoms with Crippen molar-refractivity contribution < 1.29 is 9.59 Å². The topological polar surface area (TPSA) is 76.0 Å². The zero-order valence-electron chi connectivity index (χ0n) is 17.5. The molecular formula is C25H24N4O2. The lowest BCUT2D eigenvalue weighted by molar-refractivity contribution is -0.116. The standard InChI is InChI=1S/C25H24N4O2/c1-17-12-14-20(15-13-17)27-23(30)16-29-22-11-7-6-10-21(22)28-24(29)18(2)26-25(31)19-8-4-3-5-9-19/h3-15,18H,16H2,1-2H3,(H,26,31)(H,27,30). The van der Waals surface area contributed by atoms with Gasteiger partial charge < -0.3 is 15.2 Å². The SMILES string of the molecule is Cc1ccc(NC(=O)Cn2c(C(C)NC(=O)c3ccccc3)nc3ccccc32)cc1. The third-order valence-electron chi connectivity index (χ3n) is 5.09. The molecule has 0 saturated heterocycles. The summed E-state index contributed by atoms with van der Waals surface area (Å²) in [5.41, 5.74) is 4.07. The fourth-order valence-corrected chi connectivity index (χ4v) is 3.51. The van der Waals surface area contributed by atoms with E-state index in [0.717, 1.165) is 22.3 Å². The molecule has 1 aromatic heterocycles. The summed E-state index contributed by atoms with van der Waals surface area (Å²) >= 11 is 0. The van der Waals surface area contributed by atoms with Crippen LogP contribution in [-0.4, -0.2) is 21.4 Å². The number of imidazole rings is 1. The van der Waals surface area contributed by atoms with Crippen molar-refractivity contribution in [3.63, 3.8) is 0 Å². The first-order valence-electron chi connectivity index (χ1n) is 10.2. The fourth-order valence-electron chi connectivity index (χ4n) is 3.51. The van der Waals surface area contributed by atoms with E-state index in [4.69, 9.17) is 4.98 Å². The zero-order chi connectivity index (χ0) is 21.8. The lowest BCUT2D eigenvalue weighted by Crippen LogP contribution is -2.30. The molecule has 4 aromatic rings. The van der Waals surface area contributed by atoms with Crippen molar-refractivity contribution in [3.8, 4) is 0 Å². The molecule has 0 bridgehead atoms. The maximum absolute atomic E-state index is 12.8. The highest BCUT2D eigenvalue weighted by Crippen LogP contribution is 2.21. The quantitative estimate of drug-likeness (QED) is 0.490. The Bertz CT molecular complexity index is 1210. The zero-order valence-corrected chi connectivity index (χ0v) is 17.5. The van der Waals surface area contributed by atoms with Crippen molar-refractivity contribution in [2.45, 2.75) is 26.4 Å². The summed E-state index contributed by atoms with van der Waals surface area (Å²) in [4.78, 5) is 30.1. The van der Waals surface area contributed by atoms with Crippen LogP contribution in [0.4, 0.5) is 5.69 Å². The van der Waals surface area contributed by atoms with Gasteiger partial charge in [0.1, 0.15) is 12.4 Å². The van der Waals surface area contributed by atoms with Gasteiger partial charge in [-0.25, -0.2) is 4.98 Å². The number of aromatic nitrogens is 2. The van der Waals surface area contributed by atoms with Gasteiger partial charge in [0.05, 0.1) is 17.1 Å². The number of hydrogen-bond acceptors (Lipinski definition) is 3. The Kier molecular flexibility index (Phi) is 5.80. The third-order valence-corrected chi connectivity index (χ3v) is 5.09. The second kappa shape index (κ2) is 8.83. The number of anilines is 1. The molecule has 6 heteroatoms. The number of carbonyl (C=O) groups is 2. The molecule has 4 rings (SSSR count). The van der Waals surface area contributed by atoms with E-state index in [1.54, 1.807) is 12.1 Å². The van der Waals surface area contributed by atoms with Crippen LogP contribution in [0, 0.1) is 6.92 Å². The Morgan fingerprint density at radius 1 is 0.935 bits per heavy atom. The Balaban J connectivity index is 1.58. The molecular weight excluding hydrogens is 388 g/mol. The number of hydrogen-bond donors (Lipinski definition) is 2. The van der Waals surface area contributed by atoms with Crippen LogP contribution in [-0.2, 0) is 11.3 Å². The van der Waals surface area contributed by atoms with Crippen LogP contribution >= 0.6 is 0 Å². The summed E-state index contributed by atoms with van der Waals surface area (Å²) in [6.07, 6.45) is 0. The van der Waals surface area contributed by atoms with Gasteiger partial charge in [0.25, 0.3) is 5.91 Å². The molecule has 0 aliphatic carbocycles. The first-order valence-corrected chi connectivity index (χ1v) is 10.2. The van der Waals surface area contributed by atoms with Crippen molar-refractivity contribution in [2.75, 3.05) is 5.32 Å². The number of carbonyl (C=O) groups excluding carboxylic acids is 2. The van der Waals surface area contributed by atoms with E-state index in [2.05, 4.69) is 10.6 Å². The first-order chi connectivity index (χ1) is 15.0. The van der Waals surface area contributed by atoms with Gasteiger partial charge in [-0.15, -0.1) is 0 Å². The highest BCUT2D eigenvalue weighted by atomic mass is 16.2. The Morgan fingerprint density at radius 2 is 1.61 bits per heavy atom. The smallest absolute Gasteiger partial charge is 0.251 e. The summed E-state index contributed by atoms with van der Waals surface area (Å²) < 4.78 is 1.86. The molecule has 0 spiro atoms. The molecule has 1 heterocycles. The molecule has 0 fully saturated rings. The monoisotopic (exact) mass is 412 g/mol. The minimum absolute atomic E-state index is 0.0925. The predicted molar refractivity (Wildman–Crippen MR) is 122 cm³/mol. The lowest BCUT2D eigenvalue weighted by Gasteiger charge is -2.16. The van der Waals surface area contributed by atoms with Crippen LogP contribution in [0.5, 0.6) is 0 Å². The van der Waals surface area contributed by atoms with Crippen LogP contribution in [0.3, 0.4) is 0 Å². The number of nitrogens with one attached hydrogen (secondary N) is 2. The second-order valence-electron chi connectivity index (χ2n) is 7.52. The van der Waals surface area contributed by atoms with Crippen LogP contribution < -0.4 is 10.6 Å². The largest absolute Gasteiger partial charge is 0.342 e. The average Bonchev–Trinajstić information content (AvgIpc) is 3.14. The fraction of sp³-hybridized carbons (Fsp3) is 0.160. The second-order valence-corrected chi connectivity index (χ2v) is 7.52. The molecule has 1 atom stereocenters. The van der Waals surface area contributed by atoms with Crippen LogP contribution in [0.1, 0.15) is 34.7 Å². The van der Waals surface area contributed by atoms with E-state index in [0.29, 0.717) is 11.4 Å². The van der Waals surface area contributed by atoms with Crippen LogP contribution in [0.25, 0.3) is 11.0 Å². The van der Waals surface area contributed by atoms with E-state index in [1.165, 1.54) is 0 Å². The van der Waals surface area contributed by atoms with E-state index in [9.17, 15) is 9.59 Å². The van der Waals surface area contributed by atoms with Crippen molar-refractivity contribution in [3.05, 3.63) is 95.8 Å². The van der Waals surface area contributed by atoms with E-state index >= 15 is 0 Å². The van der Waals surface area contributed by atoms with Gasteiger partial charge in [-0.1, -0.05) is 48.0 Å². The number of nitrogens with zero attached hydrogens (tertiary/aromatic N) is 2. The van der Waals surface area contributed by atoms with Crippen LogP contribution in [0.15, 0.2) is 78.9 Å². The molecule has 0 aliphatic heterocycles. The van der Waals surface area contributed by atoms with Crippen molar-refractivity contribution >= 4 is 28.5 Å². The molecule has 2 N–H and O–H groups in total. The Hall–Kier alpha value is -3.93. The van der Waals surface area contributed by atoms with Gasteiger partial charge in [0.15, 0.2) is 0 Å². The normalized spacial score (nSPS) is 11.8. The van der Waals surface area contributed by atoms with Gasteiger partial charge in [0.2, 0.25) is 5.91 Å². The molecule has 156 valence electrons. The molecule has 31 heavy (non-hydrogen) atoms. The molecule has 0 aliphatic rings. The van der Waals surface area contributed by atoms with E-state index < -0.39 is 0 Å². The molecule has 6 nitrogen and oxygen atoms in total. The van der Waals surface area contributed by atoms with E-state index in [-0.39, 0.29) is 24.4 Å². The van der Waals surface area contributed by atoms with Gasteiger partial charge >= 0.3 is 0 Å². The van der Waals surface area contributed by atoms with Crippen LogP contribution in [0.2, 0.25) is 0 Å². The molecule has 2 amide bonds. The third kappa shape index (κ3) is 4.64. The van der Waals surface area contributed by atoms with Crippen molar-refractivity contribution in [2.24, 2.45) is 0 Å². The molecule has 0 radical (unpaired) electrons. The Labute approximate surface area is 180 Å². The maximum Gasteiger partial charge on any atom is 0.251 e. The van der Waals surface area contributed by atoms with Gasteiger partial charge in [-0.3, -0.25) is 9.59 Å². The molecule has 0 saturated carbocycles. The summed E-state index contributed by atoms with van der Waals surface area (Å²) in [6, 6.07) is 24.0. The average molecular weight is 412 g/mol. The van der Waals surface area contributed by atoms with E-state index in [1.807, 2.05) is 85.1 Å². The summed E-state index contributed by atoms with van der Waals surface area (Å²) in [5.74, 6) is 0.287. The summed E-state index contributed by atoms with van der Waals surface area (Å²) in [6.45, 7) is 3.96. The minimum Gasteiger partial charge on any atom is -0.342 e. The minimum atomic E-state index is -0.382. The van der Waals surface area contributed by atoms with Crippen molar-refractivity contribution in [1.82, 2.24) is 14.9 Å². The van der Waals surface area contributed by atoms with Gasteiger partial charge in [-0.2, -0.15) is 0 Å². The highest BCUT2D eigenvalue weighted by Gasteiger charge is 2.20. The predicted octanol–water partition coefficient (Wildman–Crippen LogP) is 4.47. The number of aryl methyl sites for hydroxylation is 1. The highest BCUT2D eigenvalue weighted by molar-refractivity contribution is 5.94. The number of para-hydroxylation sites is 2. The first kappa shape index (κ1) is 20.3. The summed E-state index contributed by atoms with van der Waals surface area (Å²) in [5, 5.41) is 5.92. The molecule has 1 unspecified atom stereocenters.